The van der Waals surface area contributed by atoms with Crippen LogP contribution in [-0.4, -0.2) is 27.8 Å². The highest BCUT2D eigenvalue weighted by molar-refractivity contribution is 9.10. The summed E-state index contributed by atoms with van der Waals surface area (Å²) in [7, 11) is 0. The van der Waals surface area contributed by atoms with Crippen LogP contribution in [0.5, 0.6) is 0 Å². The van der Waals surface area contributed by atoms with Crippen LogP contribution in [0.2, 0.25) is 0 Å². The third kappa shape index (κ3) is 1.97. The minimum Gasteiger partial charge on any atom is -0.381 e. The Hall–Kier alpha value is -0.940. The van der Waals surface area contributed by atoms with E-state index in [0.717, 1.165) is 42.0 Å². The van der Waals surface area contributed by atoms with Gasteiger partial charge in [0.15, 0.2) is 11.5 Å². The van der Waals surface area contributed by atoms with E-state index in [1.54, 1.807) is 0 Å². The third-order valence-electron chi connectivity index (χ3n) is 2.83. The molecule has 1 saturated heterocycles. The van der Waals surface area contributed by atoms with Gasteiger partial charge in [-0.1, -0.05) is 0 Å². The second-order valence-corrected chi connectivity index (χ2v) is 5.03. The van der Waals surface area contributed by atoms with Crippen LogP contribution in [-0.2, 0) is 11.2 Å². The summed E-state index contributed by atoms with van der Waals surface area (Å²) in [5.74, 6) is 1.49. The molecule has 0 amide bonds. The van der Waals surface area contributed by atoms with E-state index < -0.39 is 0 Å². The minimum absolute atomic E-state index is 0.584. The van der Waals surface area contributed by atoms with E-state index in [1.165, 1.54) is 0 Å². The van der Waals surface area contributed by atoms with Crippen molar-refractivity contribution in [2.75, 3.05) is 13.2 Å². The summed E-state index contributed by atoms with van der Waals surface area (Å²) in [4.78, 5) is 4.49. The molecule has 0 bridgehead atoms. The van der Waals surface area contributed by atoms with Crippen molar-refractivity contribution in [2.24, 2.45) is 5.92 Å². The van der Waals surface area contributed by atoms with E-state index in [9.17, 15) is 0 Å². The maximum absolute atomic E-state index is 5.35. The zero-order valence-electron chi connectivity index (χ0n) is 8.77. The van der Waals surface area contributed by atoms with Crippen LogP contribution in [0.3, 0.4) is 0 Å². The van der Waals surface area contributed by atoms with Crippen LogP contribution in [0.4, 0.5) is 0 Å². The van der Waals surface area contributed by atoms with Gasteiger partial charge < -0.3 is 4.74 Å². The predicted molar refractivity (Wildman–Crippen MR) is 63.3 cm³/mol. The summed E-state index contributed by atoms with van der Waals surface area (Å²) in [6.07, 6.45) is 3.97. The number of rotatable bonds is 2. The number of fused-ring (bicyclic) bond motifs is 1. The lowest BCUT2D eigenvalue weighted by Gasteiger charge is -2.01. The molecule has 0 aliphatic carbocycles. The molecule has 4 nitrogen and oxygen atoms in total. The Morgan fingerprint density at radius 2 is 2.44 bits per heavy atom. The lowest BCUT2D eigenvalue weighted by Crippen LogP contribution is -2.05. The molecule has 5 heteroatoms. The van der Waals surface area contributed by atoms with Crippen molar-refractivity contribution in [3.63, 3.8) is 0 Å². The lowest BCUT2D eigenvalue weighted by atomic mass is 10.1. The van der Waals surface area contributed by atoms with Crippen LogP contribution in [0.25, 0.3) is 5.65 Å². The van der Waals surface area contributed by atoms with Gasteiger partial charge in [-0.25, -0.2) is 9.50 Å². The molecule has 3 heterocycles. The molecule has 0 radical (unpaired) electrons. The fourth-order valence-corrected chi connectivity index (χ4v) is 2.32. The fraction of sp³-hybridized carbons (Fsp3) is 0.455. The van der Waals surface area contributed by atoms with Gasteiger partial charge in [-0.15, -0.1) is 0 Å². The van der Waals surface area contributed by atoms with Gasteiger partial charge in [0.25, 0.3) is 0 Å². The largest absolute Gasteiger partial charge is 0.381 e. The molecule has 1 aliphatic rings. The zero-order valence-corrected chi connectivity index (χ0v) is 10.4. The van der Waals surface area contributed by atoms with Gasteiger partial charge in [0.2, 0.25) is 0 Å². The van der Waals surface area contributed by atoms with E-state index in [-0.39, 0.29) is 0 Å². The van der Waals surface area contributed by atoms with Crippen molar-refractivity contribution in [2.45, 2.75) is 12.8 Å². The van der Waals surface area contributed by atoms with E-state index in [2.05, 4.69) is 26.0 Å². The highest BCUT2D eigenvalue weighted by atomic mass is 79.9. The first-order valence-corrected chi connectivity index (χ1v) is 6.19. The molecule has 1 atom stereocenters. The van der Waals surface area contributed by atoms with Crippen LogP contribution < -0.4 is 0 Å². The Labute approximate surface area is 102 Å². The summed E-state index contributed by atoms with van der Waals surface area (Å²) in [6, 6.07) is 3.94. The smallest absolute Gasteiger partial charge is 0.155 e. The number of hydrogen-bond acceptors (Lipinski definition) is 3. The summed E-state index contributed by atoms with van der Waals surface area (Å²) >= 11 is 3.42. The molecule has 0 saturated carbocycles. The van der Waals surface area contributed by atoms with Crippen molar-refractivity contribution >= 4 is 21.6 Å². The SMILES string of the molecule is Brc1ccc2nc(CC3CCOC3)nn2c1. The molecule has 2 aromatic rings. The number of nitrogens with zero attached hydrogens (tertiary/aromatic N) is 3. The molecule has 0 N–H and O–H groups in total. The first kappa shape index (κ1) is 10.2. The third-order valence-corrected chi connectivity index (χ3v) is 3.30. The van der Waals surface area contributed by atoms with Gasteiger partial charge in [-0.05, 0) is 40.4 Å². The average Bonchev–Trinajstić information content (AvgIpc) is 2.86. The molecular weight excluding hydrogens is 270 g/mol. The first-order valence-electron chi connectivity index (χ1n) is 5.40. The van der Waals surface area contributed by atoms with Crippen LogP contribution in [0.1, 0.15) is 12.2 Å². The van der Waals surface area contributed by atoms with Gasteiger partial charge in [-0.3, -0.25) is 0 Å². The minimum atomic E-state index is 0.584. The van der Waals surface area contributed by atoms with E-state index >= 15 is 0 Å². The monoisotopic (exact) mass is 281 g/mol. The van der Waals surface area contributed by atoms with Gasteiger partial charge >= 0.3 is 0 Å². The Bertz CT molecular complexity index is 505. The normalized spacial score (nSPS) is 20.7. The quantitative estimate of drug-likeness (QED) is 0.846. The van der Waals surface area contributed by atoms with E-state index in [0.29, 0.717) is 5.92 Å². The molecule has 16 heavy (non-hydrogen) atoms. The highest BCUT2D eigenvalue weighted by Gasteiger charge is 2.18. The van der Waals surface area contributed by atoms with Crippen molar-refractivity contribution in [3.8, 4) is 0 Å². The highest BCUT2D eigenvalue weighted by Crippen LogP contribution is 2.17. The molecule has 2 aromatic heterocycles. The summed E-state index contributed by atoms with van der Waals surface area (Å²) in [5.41, 5.74) is 0.900. The summed E-state index contributed by atoms with van der Waals surface area (Å²) in [5, 5.41) is 4.46. The van der Waals surface area contributed by atoms with Crippen molar-refractivity contribution < 1.29 is 4.74 Å². The van der Waals surface area contributed by atoms with E-state index in [4.69, 9.17) is 4.74 Å². The lowest BCUT2D eigenvalue weighted by molar-refractivity contribution is 0.185. The van der Waals surface area contributed by atoms with E-state index in [1.807, 2.05) is 22.8 Å². The molecule has 1 fully saturated rings. The molecule has 1 unspecified atom stereocenters. The number of halogens is 1. The second-order valence-electron chi connectivity index (χ2n) is 4.11. The number of aromatic nitrogens is 3. The van der Waals surface area contributed by atoms with Gasteiger partial charge in [-0.2, -0.15) is 5.10 Å². The molecule has 84 valence electrons. The molecular formula is C11H12BrN3O. The summed E-state index contributed by atoms with van der Waals surface area (Å²) in [6.45, 7) is 1.73. The Kier molecular flexibility index (Phi) is 2.65. The molecule has 1 aliphatic heterocycles. The standard InChI is InChI=1S/C11H12BrN3O/c12-9-1-2-11-13-10(14-15(11)6-9)5-8-3-4-16-7-8/h1-2,6,8H,3-5,7H2. The average molecular weight is 282 g/mol. The second kappa shape index (κ2) is 4.14. The number of hydrogen-bond donors (Lipinski definition) is 0. The van der Waals surface area contributed by atoms with Crippen LogP contribution in [0, 0.1) is 5.92 Å². The van der Waals surface area contributed by atoms with Crippen molar-refractivity contribution in [1.29, 1.82) is 0 Å². The maximum Gasteiger partial charge on any atom is 0.155 e. The fourth-order valence-electron chi connectivity index (χ4n) is 1.99. The maximum atomic E-state index is 5.35. The molecule has 0 spiro atoms. The summed E-state index contributed by atoms with van der Waals surface area (Å²) < 4.78 is 8.18. The van der Waals surface area contributed by atoms with Crippen LogP contribution >= 0.6 is 15.9 Å². The first-order chi connectivity index (χ1) is 7.81. The van der Waals surface area contributed by atoms with Crippen LogP contribution in [0.15, 0.2) is 22.8 Å². The number of ether oxygens (including phenoxy) is 1. The van der Waals surface area contributed by atoms with Gasteiger partial charge in [0, 0.05) is 30.3 Å². The van der Waals surface area contributed by atoms with Gasteiger partial charge in [0.1, 0.15) is 0 Å². The Morgan fingerprint density at radius 1 is 1.50 bits per heavy atom. The van der Waals surface area contributed by atoms with Gasteiger partial charge in [0.05, 0.1) is 0 Å². The van der Waals surface area contributed by atoms with Crippen molar-refractivity contribution in [1.82, 2.24) is 14.6 Å². The zero-order chi connectivity index (χ0) is 11.0. The Balaban J connectivity index is 1.86. The number of pyridine rings is 1. The Morgan fingerprint density at radius 3 is 3.25 bits per heavy atom. The molecule has 3 rings (SSSR count). The molecule has 0 aromatic carbocycles. The topological polar surface area (TPSA) is 39.4 Å². The van der Waals surface area contributed by atoms with Crippen molar-refractivity contribution in [3.05, 3.63) is 28.6 Å². The predicted octanol–water partition coefficient (Wildman–Crippen LogP) is 2.07.